The number of nitrogens with one attached hydrogen (secondary N) is 2. The van der Waals surface area contributed by atoms with Gasteiger partial charge in [0.2, 0.25) is 0 Å². The number of amides is 1. The predicted molar refractivity (Wildman–Crippen MR) is 110 cm³/mol. The van der Waals surface area contributed by atoms with Gasteiger partial charge in [0.05, 0.1) is 6.33 Å². The number of hydrogen-bond acceptors (Lipinski definition) is 9. The average molecular weight is 431 g/mol. The van der Waals surface area contributed by atoms with Crippen molar-refractivity contribution >= 4 is 22.9 Å². The van der Waals surface area contributed by atoms with Gasteiger partial charge in [0.25, 0.3) is 5.91 Å². The van der Waals surface area contributed by atoms with Crippen molar-refractivity contribution in [3.8, 4) is 11.4 Å². The van der Waals surface area contributed by atoms with E-state index in [2.05, 4.69) is 25.3 Å². The molecule has 0 spiro atoms. The van der Waals surface area contributed by atoms with E-state index in [1.165, 1.54) is 17.1 Å². The molecule has 4 heterocycles. The zero-order chi connectivity index (χ0) is 26.7. The Labute approximate surface area is 185 Å². The summed E-state index contributed by atoms with van der Waals surface area (Å²) < 4.78 is 51.2. The molecule has 5 rings (SSSR count). The molecule has 4 atom stereocenters. The van der Waals surface area contributed by atoms with E-state index < -0.39 is 44.4 Å². The molecule has 2 aliphatic rings. The van der Waals surface area contributed by atoms with Gasteiger partial charge >= 0.3 is 0 Å². The highest BCUT2D eigenvalue weighted by atomic mass is 16.6. The smallest absolute Gasteiger partial charge is 0.251 e. The summed E-state index contributed by atoms with van der Waals surface area (Å²) in [5.41, 5.74) is 1.60. The number of imidazole rings is 1. The number of likely N-dealkylation sites (N-methyl/N-ethyl adjacent to an activating group) is 1. The van der Waals surface area contributed by atoms with Crippen LogP contribution in [-0.4, -0.2) is 72.9 Å². The molecule has 4 N–H and O–H groups in total. The lowest BCUT2D eigenvalue weighted by molar-refractivity contribution is -0.137. The maximum atomic E-state index is 12.3. The second-order valence-corrected chi connectivity index (χ2v) is 7.54. The number of carbonyl (C=O) groups excluding carboxylic acids is 1. The van der Waals surface area contributed by atoms with E-state index in [9.17, 15) is 15.0 Å². The standard InChI is InChI=1S/C20H23N7O4/c1-21-17-12-18(26-16(25-17)11-5-10(6-23-7-11)9-3-4-9)27(8-24-12)20-14(29)13(28)15(31-20)19(30)22-2/h5-9,13-15,20,28-29H,3-4H2,1-2H3,(H,22,30)(H,21,25,26)/t13-,14+,15-,20-/m0/s1/i1D3,2D3. The highest BCUT2D eigenvalue weighted by Crippen LogP contribution is 2.40. The SMILES string of the molecule is [2H]C([2H])([2H])NC(=O)[C@H]1O[C@H](n2cnc3c(NC([2H])([2H])[2H])nc(-c4cncc(C5CC5)c4)nc32)[C@H](O)[C@@H]1O. The molecule has 2 fully saturated rings. The second kappa shape index (κ2) is 7.52. The number of anilines is 1. The molecule has 1 amide bonds. The number of aromatic nitrogens is 5. The van der Waals surface area contributed by atoms with Gasteiger partial charge in [-0.1, -0.05) is 0 Å². The Hall–Kier alpha value is -3.15. The summed E-state index contributed by atoms with van der Waals surface area (Å²) in [6.45, 7) is -5.44. The predicted octanol–water partition coefficient (Wildman–Crippen LogP) is 0.173. The van der Waals surface area contributed by atoms with Crippen molar-refractivity contribution in [1.29, 1.82) is 0 Å². The first-order valence-electron chi connectivity index (χ1n) is 12.6. The monoisotopic (exact) mass is 431 g/mol. The van der Waals surface area contributed by atoms with Crippen molar-refractivity contribution in [2.45, 2.75) is 43.3 Å². The molecule has 11 heteroatoms. The maximum absolute atomic E-state index is 12.3. The fourth-order valence-corrected chi connectivity index (χ4v) is 3.72. The van der Waals surface area contributed by atoms with Crippen LogP contribution in [0.5, 0.6) is 0 Å². The summed E-state index contributed by atoms with van der Waals surface area (Å²) in [6, 6.07) is 1.87. The van der Waals surface area contributed by atoms with E-state index in [1.54, 1.807) is 11.5 Å². The molecule has 31 heavy (non-hydrogen) atoms. The van der Waals surface area contributed by atoms with Gasteiger partial charge in [0, 0.05) is 40.1 Å². The first-order valence-corrected chi connectivity index (χ1v) is 9.62. The summed E-state index contributed by atoms with van der Waals surface area (Å²) in [6.07, 6.45) is 0.0426. The molecular weight excluding hydrogens is 402 g/mol. The summed E-state index contributed by atoms with van der Waals surface area (Å²) >= 11 is 0. The molecule has 0 unspecified atom stereocenters. The topological polar surface area (TPSA) is 147 Å². The summed E-state index contributed by atoms with van der Waals surface area (Å²) in [5, 5.41) is 25.1. The van der Waals surface area contributed by atoms with Crippen LogP contribution in [-0.2, 0) is 9.53 Å². The van der Waals surface area contributed by atoms with Crippen molar-refractivity contribution < 1.29 is 28.0 Å². The molecule has 0 radical (unpaired) electrons. The molecule has 1 saturated heterocycles. The normalized spacial score (nSPS) is 29.4. The Balaban J connectivity index is 1.56. The molecule has 162 valence electrons. The lowest BCUT2D eigenvalue weighted by atomic mass is 10.1. The van der Waals surface area contributed by atoms with E-state index in [4.69, 9.17) is 13.0 Å². The molecule has 1 aliphatic heterocycles. The largest absolute Gasteiger partial charge is 0.387 e. The van der Waals surface area contributed by atoms with Gasteiger partial charge in [0.15, 0.2) is 35.1 Å². The van der Waals surface area contributed by atoms with Crippen LogP contribution in [0, 0.1) is 0 Å². The van der Waals surface area contributed by atoms with Crippen LogP contribution in [0.3, 0.4) is 0 Å². The minimum absolute atomic E-state index is 0.0341. The van der Waals surface area contributed by atoms with Gasteiger partial charge in [0.1, 0.15) is 12.2 Å². The molecule has 1 aliphatic carbocycles. The van der Waals surface area contributed by atoms with Crippen LogP contribution in [0.15, 0.2) is 24.8 Å². The highest BCUT2D eigenvalue weighted by molar-refractivity contribution is 5.85. The third-order valence-corrected chi connectivity index (χ3v) is 5.50. The molecular formula is C20H23N7O4. The van der Waals surface area contributed by atoms with E-state index in [0.717, 1.165) is 18.4 Å². The van der Waals surface area contributed by atoms with Crippen LogP contribution < -0.4 is 10.6 Å². The maximum Gasteiger partial charge on any atom is 0.251 e. The molecule has 1 saturated carbocycles. The number of nitrogens with zero attached hydrogens (tertiary/aromatic N) is 5. The van der Waals surface area contributed by atoms with Crippen LogP contribution in [0.2, 0.25) is 0 Å². The Morgan fingerprint density at radius 2 is 2.13 bits per heavy atom. The quantitative estimate of drug-likeness (QED) is 0.444. The van der Waals surface area contributed by atoms with Crippen molar-refractivity contribution in [1.82, 2.24) is 29.8 Å². The Morgan fingerprint density at radius 1 is 1.26 bits per heavy atom. The average Bonchev–Trinajstić information content (AvgIpc) is 3.50. The summed E-state index contributed by atoms with van der Waals surface area (Å²) in [7, 11) is 0. The van der Waals surface area contributed by atoms with E-state index >= 15 is 0 Å². The lowest BCUT2D eigenvalue weighted by Gasteiger charge is -2.17. The highest BCUT2D eigenvalue weighted by Gasteiger charge is 2.47. The van der Waals surface area contributed by atoms with Crippen LogP contribution in [0.25, 0.3) is 22.6 Å². The van der Waals surface area contributed by atoms with Crippen molar-refractivity contribution in [2.75, 3.05) is 19.3 Å². The third-order valence-electron chi connectivity index (χ3n) is 5.50. The van der Waals surface area contributed by atoms with Gasteiger partial charge in [-0.2, -0.15) is 0 Å². The number of ether oxygens (including phenoxy) is 1. The number of carbonyl (C=O) groups is 1. The molecule has 3 aromatic rings. The first kappa shape index (κ1) is 14.0. The Kier molecular flexibility index (Phi) is 3.40. The van der Waals surface area contributed by atoms with Crippen molar-refractivity contribution in [3.63, 3.8) is 0 Å². The fourth-order valence-electron chi connectivity index (χ4n) is 3.72. The van der Waals surface area contributed by atoms with E-state index in [1.807, 2.05) is 6.07 Å². The van der Waals surface area contributed by atoms with E-state index in [-0.39, 0.29) is 22.8 Å². The zero-order valence-corrected chi connectivity index (χ0v) is 16.1. The number of aliphatic hydroxyl groups excluding tert-OH is 2. The third kappa shape index (κ3) is 3.30. The van der Waals surface area contributed by atoms with Crippen LogP contribution in [0.1, 0.15) is 38.8 Å². The molecule has 11 nitrogen and oxygen atoms in total. The van der Waals surface area contributed by atoms with Gasteiger partial charge in [-0.15, -0.1) is 0 Å². The number of aliphatic hydroxyl groups is 2. The van der Waals surface area contributed by atoms with Gasteiger partial charge < -0.3 is 25.6 Å². The van der Waals surface area contributed by atoms with Crippen LogP contribution in [0.4, 0.5) is 5.82 Å². The fraction of sp³-hybridized carbons (Fsp3) is 0.450. The number of rotatable bonds is 5. The minimum Gasteiger partial charge on any atom is -0.387 e. The van der Waals surface area contributed by atoms with Gasteiger partial charge in [-0.3, -0.25) is 14.3 Å². The first-order chi connectivity index (χ1) is 17.3. The number of fused-ring (bicyclic) bond motifs is 1. The van der Waals surface area contributed by atoms with E-state index in [0.29, 0.717) is 11.5 Å². The van der Waals surface area contributed by atoms with Crippen LogP contribution >= 0.6 is 0 Å². The minimum atomic E-state index is -2.83. The Morgan fingerprint density at radius 3 is 2.90 bits per heavy atom. The number of pyridine rings is 1. The number of hydrogen-bond donors (Lipinski definition) is 4. The lowest BCUT2D eigenvalue weighted by Crippen LogP contribution is -2.41. The molecule has 0 bridgehead atoms. The zero-order valence-electron chi connectivity index (χ0n) is 22.1. The van der Waals surface area contributed by atoms with Gasteiger partial charge in [-0.25, -0.2) is 15.0 Å². The second-order valence-electron chi connectivity index (χ2n) is 7.54. The molecule has 0 aromatic carbocycles. The van der Waals surface area contributed by atoms with Crippen molar-refractivity contribution in [2.24, 2.45) is 0 Å². The van der Waals surface area contributed by atoms with Gasteiger partial charge in [-0.05, 0) is 30.4 Å². The summed E-state index contributed by atoms with van der Waals surface area (Å²) in [4.78, 5) is 29.6. The molecule has 3 aromatic heterocycles. The summed E-state index contributed by atoms with van der Waals surface area (Å²) in [5.74, 6) is -0.731. The Bertz CT molecular complexity index is 1340. The van der Waals surface area contributed by atoms with Crippen molar-refractivity contribution in [3.05, 3.63) is 30.4 Å².